The Morgan fingerprint density at radius 3 is 1.46 bits per heavy atom. The molecule has 0 atom stereocenters. The van der Waals surface area contributed by atoms with Crippen LogP contribution in [0.4, 0.5) is 5.69 Å². The molecule has 0 radical (unpaired) electrons. The largest absolute Gasteiger partial charge is 0.310 e. The third-order valence-corrected chi connectivity index (χ3v) is 10.5. The molecule has 0 saturated heterocycles. The van der Waals surface area contributed by atoms with Crippen molar-refractivity contribution in [1.29, 1.82) is 5.26 Å². The topological polar surface area (TPSA) is 84.6 Å². The van der Waals surface area contributed by atoms with Crippen LogP contribution in [0.5, 0.6) is 0 Å². The number of fused-ring (bicyclic) bond motifs is 3. The lowest BCUT2D eigenvalue weighted by atomic mass is 10.0. The quantitative estimate of drug-likeness (QED) is 0.151. The molecular formula is C52H31N7. The number of aromatic nitrogens is 5. The SMILES string of the molecule is [C-]#[N+]c1ccc2c3ccc(C#N)cc3n(-c3ccc(-c4nc(-c5ccccc5)cc(-c5ccccc5)n4)cc3-c3cc(-c4ccccc4)nc(-c4ccccc4)n3)c2c1. The molecule has 0 bridgehead atoms. The number of hydrogen-bond acceptors (Lipinski definition) is 5. The molecule has 0 aliphatic heterocycles. The Kier molecular flexibility index (Phi) is 8.80. The number of benzene rings is 7. The molecule has 0 spiro atoms. The fourth-order valence-electron chi connectivity index (χ4n) is 7.63. The molecule has 274 valence electrons. The minimum Gasteiger partial charge on any atom is -0.310 e. The standard InChI is InChI=1S/C52H31N7/c1-54-40-24-26-42-41-25-22-34(33-53)28-49(41)59(50(42)30-40)48-27-23-39(52-56-44(35-14-6-2-7-15-35)31-45(57-52)36-16-8-3-9-17-36)29-43(48)47-32-46(37-18-10-4-11-19-37)55-51(58-47)38-20-12-5-13-21-38/h2-32H. The maximum atomic E-state index is 10.1. The maximum absolute atomic E-state index is 10.1. The van der Waals surface area contributed by atoms with Crippen molar-refractivity contribution in [2.75, 3.05) is 0 Å². The van der Waals surface area contributed by atoms with E-state index in [2.05, 4.69) is 64.0 Å². The van der Waals surface area contributed by atoms with Gasteiger partial charge in [-0.3, -0.25) is 0 Å². The van der Waals surface area contributed by atoms with Crippen molar-refractivity contribution in [3.8, 4) is 79.6 Å². The van der Waals surface area contributed by atoms with Gasteiger partial charge in [0.1, 0.15) is 0 Å². The Bertz CT molecular complexity index is 3090. The van der Waals surface area contributed by atoms with E-state index in [1.165, 1.54) is 0 Å². The zero-order valence-electron chi connectivity index (χ0n) is 31.5. The minimum atomic E-state index is 0.513. The second-order valence-corrected chi connectivity index (χ2v) is 14.1. The van der Waals surface area contributed by atoms with Gasteiger partial charge in [-0.2, -0.15) is 5.26 Å². The molecule has 7 aromatic carbocycles. The molecule has 7 heteroatoms. The summed E-state index contributed by atoms with van der Waals surface area (Å²) >= 11 is 0. The molecular weight excluding hydrogens is 723 g/mol. The van der Waals surface area contributed by atoms with Gasteiger partial charge in [-0.15, -0.1) is 0 Å². The van der Waals surface area contributed by atoms with E-state index in [1.807, 2.05) is 140 Å². The molecule has 10 aromatic rings. The predicted molar refractivity (Wildman–Crippen MR) is 236 cm³/mol. The first-order valence-corrected chi connectivity index (χ1v) is 19.1. The van der Waals surface area contributed by atoms with Crippen LogP contribution in [0.2, 0.25) is 0 Å². The van der Waals surface area contributed by atoms with Crippen LogP contribution >= 0.6 is 0 Å². The fraction of sp³-hybridized carbons (Fsp3) is 0. The highest BCUT2D eigenvalue weighted by atomic mass is 15.0. The summed E-state index contributed by atoms with van der Waals surface area (Å²) in [6, 6.07) is 64.4. The Hall–Kier alpha value is -8.52. The van der Waals surface area contributed by atoms with E-state index in [9.17, 15) is 5.26 Å². The van der Waals surface area contributed by atoms with Gasteiger partial charge in [0.2, 0.25) is 0 Å². The van der Waals surface area contributed by atoms with Gasteiger partial charge in [-0.25, -0.2) is 24.8 Å². The van der Waals surface area contributed by atoms with Gasteiger partial charge in [-0.05, 0) is 48.5 Å². The van der Waals surface area contributed by atoms with E-state index in [4.69, 9.17) is 26.5 Å². The molecule has 3 heterocycles. The van der Waals surface area contributed by atoms with Gasteiger partial charge >= 0.3 is 0 Å². The Morgan fingerprint density at radius 1 is 0.441 bits per heavy atom. The van der Waals surface area contributed by atoms with Crippen molar-refractivity contribution in [2.45, 2.75) is 0 Å². The highest BCUT2D eigenvalue weighted by Gasteiger charge is 2.21. The summed E-state index contributed by atoms with van der Waals surface area (Å²) in [5.74, 6) is 1.14. The van der Waals surface area contributed by atoms with Gasteiger partial charge in [-0.1, -0.05) is 140 Å². The summed E-state index contributed by atoms with van der Waals surface area (Å²) in [7, 11) is 0. The first-order chi connectivity index (χ1) is 29.1. The molecule has 7 nitrogen and oxygen atoms in total. The van der Waals surface area contributed by atoms with Gasteiger partial charge in [0.15, 0.2) is 17.3 Å². The number of hydrogen-bond donors (Lipinski definition) is 0. The zero-order valence-corrected chi connectivity index (χ0v) is 31.5. The number of nitrogens with zero attached hydrogens (tertiary/aromatic N) is 7. The highest BCUT2D eigenvalue weighted by Crippen LogP contribution is 2.40. The molecule has 0 unspecified atom stereocenters. The molecule has 0 amide bonds. The van der Waals surface area contributed by atoms with E-state index in [1.54, 1.807) is 0 Å². The summed E-state index contributed by atoms with van der Waals surface area (Å²) < 4.78 is 2.14. The predicted octanol–water partition coefficient (Wildman–Crippen LogP) is 12.8. The van der Waals surface area contributed by atoms with E-state index >= 15 is 0 Å². The normalized spacial score (nSPS) is 11.0. The van der Waals surface area contributed by atoms with E-state index < -0.39 is 0 Å². The summed E-state index contributed by atoms with van der Waals surface area (Å²) in [5.41, 5.74) is 12.0. The molecule has 10 rings (SSSR count). The van der Waals surface area contributed by atoms with Crippen molar-refractivity contribution < 1.29 is 0 Å². The van der Waals surface area contributed by atoms with Gasteiger partial charge in [0.25, 0.3) is 0 Å². The van der Waals surface area contributed by atoms with Gasteiger partial charge in [0.05, 0.1) is 52.2 Å². The lowest BCUT2D eigenvalue weighted by Gasteiger charge is -2.17. The van der Waals surface area contributed by atoms with Crippen molar-refractivity contribution in [3.63, 3.8) is 0 Å². The highest BCUT2D eigenvalue weighted by molar-refractivity contribution is 6.11. The smallest absolute Gasteiger partial charge is 0.189 e. The van der Waals surface area contributed by atoms with Crippen molar-refractivity contribution in [2.24, 2.45) is 0 Å². The average molecular weight is 754 g/mol. The Balaban J connectivity index is 1.30. The van der Waals surface area contributed by atoms with Crippen molar-refractivity contribution >= 4 is 27.5 Å². The zero-order chi connectivity index (χ0) is 39.7. The fourth-order valence-corrected chi connectivity index (χ4v) is 7.63. The molecule has 59 heavy (non-hydrogen) atoms. The average Bonchev–Trinajstić information content (AvgIpc) is 3.64. The Morgan fingerprint density at radius 2 is 0.915 bits per heavy atom. The van der Waals surface area contributed by atoms with E-state index in [0.29, 0.717) is 28.6 Å². The monoisotopic (exact) mass is 753 g/mol. The first-order valence-electron chi connectivity index (χ1n) is 19.1. The molecule has 0 saturated carbocycles. The lowest BCUT2D eigenvalue weighted by molar-refractivity contribution is 1.14. The van der Waals surface area contributed by atoms with Crippen LogP contribution < -0.4 is 0 Å². The van der Waals surface area contributed by atoms with Crippen LogP contribution in [0.25, 0.3) is 100 Å². The summed E-state index contributed by atoms with van der Waals surface area (Å²) in [6.45, 7) is 7.90. The van der Waals surface area contributed by atoms with Crippen molar-refractivity contribution in [3.05, 3.63) is 205 Å². The molecule has 0 fully saturated rings. The molecule has 0 aliphatic rings. The summed E-state index contributed by atoms with van der Waals surface area (Å²) in [6.07, 6.45) is 0. The third-order valence-electron chi connectivity index (χ3n) is 10.5. The minimum absolute atomic E-state index is 0.513. The Labute approximate surface area is 340 Å². The van der Waals surface area contributed by atoms with Crippen LogP contribution in [-0.2, 0) is 0 Å². The summed E-state index contributed by atoms with van der Waals surface area (Å²) in [4.78, 5) is 24.6. The number of rotatable bonds is 7. The van der Waals surface area contributed by atoms with E-state index in [-0.39, 0.29) is 0 Å². The second kappa shape index (κ2) is 14.9. The van der Waals surface area contributed by atoms with Crippen LogP contribution in [0, 0.1) is 17.9 Å². The van der Waals surface area contributed by atoms with Gasteiger partial charge in [0, 0.05) is 49.7 Å². The van der Waals surface area contributed by atoms with Crippen LogP contribution in [0.15, 0.2) is 188 Å². The first kappa shape index (κ1) is 34.9. The second-order valence-electron chi connectivity index (χ2n) is 14.1. The van der Waals surface area contributed by atoms with Gasteiger partial charge < -0.3 is 4.57 Å². The molecule has 3 aromatic heterocycles. The summed E-state index contributed by atoms with van der Waals surface area (Å²) in [5, 5.41) is 12.0. The maximum Gasteiger partial charge on any atom is 0.189 e. The van der Waals surface area contributed by atoms with Crippen LogP contribution in [-0.4, -0.2) is 24.5 Å². The molecule has 0 aliphatic carbocycles. The third kappa shape index (κ3) is 6.55. The molecule has 0 N–H and O–H groups in total. The van der Waals surface area contributed by atoms with E-state index in [0.717, 1.165) is 78.0 Å². The lowest BCUT2D eigenvalue weighted by Crippen LogP contribution is -2.02. The van der Waals surface area contributed by atoms with Crippen LogP contribution in [0.1, 0.15) is 5.56 Å². The van der Waals surface area contributed by atoms with Crippen LogP contribution in [0.3, 0.4) is 0 Å². The number of nitriles is 1. The van der Waals surface area contributed by atoms with Crippen molar-refractivity contribution in [1.82, 2.24) is 24.5 Å².